The average Bonchev–Trinajstić information content (AvgIpc) is 1.86. The SMILES string of the molecule is CC(C)C=CCC(=O)C(C)C. The molecule has 1 nitrogen and oxygen atoms in total. The Morgan fingerprint density at radius 3 is 2.18 bits per heavy atom. The maximum Gasteiger partial charge on any atom is 0.139 e. The summed E-state index contributed by atoms with van der Waals surface area (Å²) in [5, 5.41) is 0. The third-order valence-corrected chi connectivity index (χ3v) is 1.48. The number of Topliss-reactive ketones (excluding diaryl/α,β-unsaturated/α-hetero) is 1. The van der Waals surface area contributed by atoms with E-state index in [1.54, 1.807) is 0 Å². The van der Waals surface area contributed by atoms with Crippen LogP contribution in [0.15, 0.2) is 12.2 Å². The van der Waals surface area contributed by atoms with Crippen molar-refractivity contribution in [2.24, 2.45) is 11.8 Å². The molecule has 0 bridgehead atoms. The van der Waals surface area contributed by atoms with Crippen molar-refractivity contribution in [3.63, 3.8) is 0 Å². The van der Waals surface area contributed by atoms with Crippen LogP contribution in [-0.4, -0.2) is 5.78 Å². The maximum atomic E-state index is 11.1. The molecule has 0 N–H and O–H groups in total. The van der Waals surface area contributed by atoms with Crippen LogP contribution in [0.25, 0.3) is 0 Å². The molecule has 64 valence electrons. The Kier molecular flexibility index (Phi) is 4.84. The Labute approximate surface area is 69.5 Å². The topological polar surface area (TPSA) is 17.1 Å². The zero-order valence-electron chi connectivity index (χ0n) is 7.92. The van der Waals surface area contributed by atoms with Crippen molar-refractivity contribution >= 4 is 5.78 Å². The van der Waals surface area contributed by atoms with Crippen molar-refractivity contribution in [3.8, 4) is 0 Å². The predicted octanol–water partition coefficient (Wildman–Crippen LogP) is 2.81. The number of rotatable bonds is 4. The van der Waals surface area contributed by atoms with Crippen LogP contribution in [0, 0.1) is 11.8 Å². The summed E-state index contributed by atoms with van der Waals surface area (Å²) in [4.78, 5) is 11.1. The first-order valence-electron chi connectivity index (χ1n) is 4.23. The number of carbonyl (C=O) groups is 1. The van der Waals surface area contributed by atoms with Gasteiger partial charge in [-0.05, 0) is 5.92 Å². The third kappa shape index (κ3) is 5.84. The van der Waals surface area contributed by atoms with Crippen LogP contribution in [0.4, 0.5) is 0 Å². The fourth-order valence-electron chi connectivity index (χ4n) is 0.692. The van der Waals surface area contributed by atoms with Gasteiger partial charge in [0.2, 0.25) is 0 Å². The van der Waals surface area contributed by atoms with Crippen LogP contribution in [0.3, 0.4) is 0 Å². The first kappa shape index (κ1) is 10.4. The maximum absolute atomic E-state index is 11.1. The van der Waals surface area contributed by atoms with Crippen molar-refractivity contribution < 1.29 is 4.79 Å². The molecule has 0 fully saturated rings. The van der Waals surface area contributed by atoms with Gasteiger partial charge in [-0.3, -0.25) is 4.79 Å². The highest BCUT2D eigenvalue weighted by Gasteiger charge is 2.03. The molecule has 0 unspecified atom stereocenters. The standard InChI is InChI=1S/C10H18O/c1-8(2)6-5-7-10(11)9(3)4/h5-6,8-9H,7H2,1-4H3. The van der Waals surface area contributed by atoms with Crippen LogP contribution in [0.2, 0.25) is 0 Å². The summed E-state index contributed by atoms with van der Waals surface area (Å²) < 4.78 is 0. The van der Waals surface area contributed by atoms with Crippen LogP contribution in [0.5, 0.6) is 0 Å². The summed E-state index contributed by atoms with van der Waals surface area (Å²) >= 11 is 0. The molecule has 0 aliphatic rings. The summed E-state index contributed by atoms with van der Waals surface area (Å²) in [5.41, 5.74) is 0. The first-order valence-corrected chi connectivity index (χ1v) is 4.23. The lowest BCUT2D eigenvalue weighted by Crippen LogP contribution is -2.04. The number of hydrogen-bond donors (Lipinski definition) is 0. The van der Waals surface area contributed by atoms with E-state index in [9.17, 15) is 4.79 Å². The molecule has 0 rings (SSSR count). The Balaban J connectivity index is 3.62. The Bertz CT molecular complexity index is 143. The molecule has 0 aliphatic heterocycles. The van der Waals surface area contributed by atoms with E-state index in [1.165, 1.54) is 0 Å². The summed E-state index contributed by atoms with van der Waals surface area (Å²) in [6.07, 6.45) is 4.63. The van der Waals surface area contributed by atoms with Gasteiger partial charge in [0.15, 0.2) is 0 Å². The Morgan fingerprint density at radius 1 is 1.27 bits per heavy atom. The number of carbonyl (C=O) groups excluding carboxylic acids is 1. The van der Waals surface area contributed by atoms with E-state index >= 15 is 0 Å². The molecule has 0 saturated heterocycles. The smallest absolute Gasteiger partial charge is 0.139 e. The molecule has 0 aromatic rings. The minimum atomic E-state index is 0.173. The predicted molar refractivity (Wildman–Crippen MR) is 48.4 cm³/mol. The quantitative estimate of drug-likeness (QED) is 0.569. The molecule has 0 saturated carbocycles. The summed E-state index contributed by atoms with van der Waals surface area (Å²) in [5.74, 6) is 1.05. The van der Waals surface area contributed by atoms with E-state index in [2.05, 4.69) is 19.9 Å². The molecule has 0 atom stereocenters. The zero-order chi connectivity index (χ0) is 8.85. The van der Waals surface area contributed by atoms with E-state index in [0.29, 0.717) is 18.1 Å². The Hall–Kier alpha value is -0.590. The fraction of sp³-hybridized carbons (Fsp3) is 0.700. The molecule has 11 heavy (non-hydrogen) atoms. The largest absolute Gasteiger partial charge is 0.299 e. The molecule has 0 aromatic carbocycles. The molecule has 0 aromatic heterocycles. The normalized spacial score (nSPS) is 11.8. The zero-order valence-corrected chi connectivity index (χ0v) is 7.92. The van der Waals surface area contributed by atoms with Gasteiger partial charge in [-0.2, -0.15) is 0 Å². The highest BCUT2D eigenvalue weighted by atomic mass is 16.1. The molecule has 0 aliphatic carbocycles. The summed E-state index contributed by atoms with van der Waals surface area (Å²) in [6, 6.07) is 0. The lowest BCUT2D eigenvalue weighted by atomic mass is 10.1. The van der Waals surface area contributed by atoms with Crippen molar-refractivity contribution in [2.75, 3.05) is 0 Å². The number of ketones is 1. The van der Waals surface area contributed by atoms with Crippen LogP contribution in [-0.2, 0) is 4.79 Å². The van der Waals surface area contributed by atoms with Gasteiger partial charge < -0.3 is 0 Å². The van der Waals surface area contributed by atoms with E-state index in [1.807, 2.05) is 19.9 Å². The van der Waals surface area contributed by atoms with Crippen molar-refractivity contribution in [1.29, 1.82) is 0 Å². The average molecular weight is 154 g/mol. The van der Waals surface area contributed by atoms with Gasteiger partial charge in [0.25, 0.3) is 0 Å². The fourth-order valence-corrected chi connectivity index (χ4v) is 0.692. The molecule has 0 radical (unpaired) electrons. The second-order valence-corrected chi connectivity index (χ2v) is 3.50. The van der Waals surface area contributed by atoms with Crippen molar-refractivity contribution in [2.45, 2.75) is 34.1 Å². The first-order chi connectivity index (χ1) is 5.04. The van der Waals surface area contributed by atoms with Gasteiger partial charge in [0.1, 0.15) is 5.78 Å². The van der Waals surface area contributed by atoms with Crippen molar-refractivity contribution in [1.82, 2.24) is 0 Å². The highest BCUT2D eigenvalue weighted by Crippen LogP contribution is 2.01. The second kappa shape index (κ2) is 5.11. The third-order valence-electron chi connectivity index (χ3n) is 1.48. The summed E-state index contributed by atoms with van der Waals surface area (Å²) in [7, 11) is 0. The van der Waals surface area contributed by atoms with E-state index < -0.39 is 0 Å². The molecule has 0 heterocycles. The van der Waals surface area contributed by atoms with E-state index in [-0.39, 0.29) is 5.92 Å². The van der Waals surface area contributed by atoms with Crippen LogP contribution < -0.4 is 0 Å². The van der Waals surface area contributed by atoms with Gasteiger partial charge in [-0.25, -0.2) is 0 Å². The van der Waals surface area contributed by atoms with Gasteiger partial charge in [-0.15, -0.1) is 0 Å². The van der Waals surface area contributed by atoms with Gasteiger partial charge >= 0.3 is 0 Å². The lowest BCUT2D eigenvalue weighted by molar-refractivity contribution is -0.121. The van der Waals surface area contributed by atoms with Crippen LogP contribution >= 0.6 is 0 Å². The molecular weight excluding hydrogens is 136 g/mol. The molecule has 0 spiro atoms. The van der Waals surface area contributed by atoms with Gasteiger partial charge in [0.05, 0.1) is 0 Å². The van der Waals surface area contributed by atoms with Crippen LogP contribution in [0.1, 0.15) is 34.1 Å². The van der Waals surface area contributed by atoms with Crippen molar-refractivity contribution in [3.05, 3.63) is 12.2 Å². The van der Waals surface area contributed by atoms with Gasteiger partial charge in [-0.1, -0.05) is 39.8 Å². The minimum absolute atomic E-state index is 0.173. The monoisotopic (exact) mass is 154 g/mol. The highest BCUT2D eigenvalue weighted by molar-refractivity contribution is 5.81. The molecular formula is C10H18O. The number of allylic oxidation sites excluding steroid dienone is 2. The number of hydrogen-bond acceptors (Lipinski definition) is 1. The van der Waals surface area contributed by atoms with E-state index in [0.717, 1.165) is 0 Å². The summed E-state index contributed by atoms with van der Waals surface area (Å²) in [6.45, 7) is 8.09. The molecule has 1 heteroatoms. The van der Waals surface area contributed by atoms with E-state index in [4.69, 9.17) is 0 Å². The molecule has 0 amide bonds. The minimum Gasteiger partial charge on any atom is -0.299 e. The lowest BCUT2D eigenvalue weighted by Gasteiger charge is -1.99. The Morgan fingerprint density at radius 2 is 1.82 bits per heavy atom. The second-order valence-electron chi connectivity index (χ2n) is 3.50. The van der Waals surface area contributed by atoms with Gasteiger partial charge in [0, 0.05) is 12.3 Å².